The molecule has 0 unspecified atom stereocenters. The third kappa shape index (κ3) is 3.42. The molecule has 0 amide bonds. The fourth-order valence-electron chi connectivity index (χ4n) is 3.02. The van der Waals surface area contributed by atoms with Crippen LogP contribution < -0.4 is 14.2 Å². The molecule has 1 heterocycles. The summed E-state index contributed by atoms with van der Waals surface area (Å²) in [5.41, 5.74) is 3.23. The first-order valence-electron chi connectivity index (χ1n) is 8.64. The highest BCUT2D eigenvalue weighted by molar-refractivity contribution is 5.67. The van der Waals surface area contributed by atoms with E-state index in [-0.39, 0.29) is 0 Å². The van der Waals surface area contributed by atoms with Crippen molar-refractivity contribution in [3.63, 3.8) is 0 Å². The Hall–Kier alpha value is -3.20. The van der Waals surface area contributed by atoms with Gasteiger partial charge < -0.3 is 14.2 Å². The van der Waals surface area contributed by atoms with Gasteiger partial charge in [0.15, 0.2) is 0 Å². The standard InChI is InChI=1S/C23H20O3/c1-24-19-10-5-9-18(15-19)21-14-13-20-22(11-6-12-23(20)26-21)25-16-17-7-3-2-4-8-17/h2-12,14-15H,13,16H2,1H3. The van der Waals surface area contributed by atoms with Gasteiger partial charge in [-0.2, -0.15) is 0 Å². The van der Waals surface area contributed by atoms with Gasteiger partial charge in [0.05, 0.1) is 7.11 Å². The summed E-state index contributed by atoms with van der Waals surface area (Å²) in [6.45, 7) is 0.545. The summed E-state index contributed by atoms with van der Waals surface area (Å²) < 4.78 is 17.5. The molecule has 0 N–H and O–H groups in total. The largest absolute Gasteiger partial charge is 0.497 e. The number of ether oxygens (including phenoxy) is 3. The summed E-state index contributed by atoms with van der Waals surface area (Å²) in [7, 11) is 1.67. The topological polar surface area (TPSA) is 27.7 Å². The molecule has 1 aliphatic heterocycles. The molecule has 26 heavy (non-hydrogen) atoms. The van der Waals surface area contributed by atoms with Crippen molar-refractivity contribution in [3.05, 3.63) is 95.6 Å². The Balaban J connectivity index is 1.54. The van der Waals surface area contributed by atoms with Crippen molar-refractivity contribution in [1.82, 2.24) is 0 Å². The lowest BCUT2D eigenvalue weighted by Gasteiger charge is -2.21. The van der Waals surface area contributed by atoms with E-state index in [4.69, 9.17) is 14.2 Å². The van der Waals surface area contributed by atoms with Crippen LogP contribution in [0.15, 0.2) is 78.9 Å². The highest BCUT2D eigenvalue weighted by atomic mass is 16.5. The second kappa shape index (κ2) is 7.36. The third-order valence-electron chi connectivity index (χ3n) is 4.39. The van der Waals surface area contributed by atoms with Crippen LogP contribution in [-0.4, -0.2) is 7.11 Å². The minimum Gasteiger partial charge on any atom is -0.497 e. The van der Waals surface area contributed by atoms with Gasteiger partial charge in [-0.3, -0.25) is 0 Å². The van der Waals surface area contributed by atoms with E-state index in [1.165, 1.54) is 0 Å². The van der Waals surface area contributed by atoms with Gasteiger partial charge in [-0.15, -0.1) is 0 Å². The van der Waals surface area contributed by atoms with Gasteiger partial charge in [0.25, 0.3) is 0 Å². The van der Waals surface area contributed by atoms with Crippen molar-refractivity contribution in [2.24, 2.45) is 0 Å². The summed E-state index contributed by atoms with van der Waals surface area (Å²) in [6.07, 6.45) is 2.86. The Labute approximate surface area is 153 Å². The third-order valence-corrected chi connectivity index (χ3v) is 4.39. The first-order valence-corrected chi connectivity index (χ1v) is 8.64. The zero-order valence-electron chi connectivity index (χ0n) is 14.6. The average molecular weight is 344 g/mol. The minimum absolute atomic E-state index is 0.545. The maximum absolute atomic E-state index is 6.14. The lowest BCUT2D eigenvalue weighted by Crippen LogP contribution is -2.06. The van der Waals surface area contributed by atoms with Gasteiger partial charge in [-0.05, 0) is 35.9 Å². The molecule has 0 atom stereocenters. The lowest BCUT2D eigenvalue weighted by atomic mass is 10.0. The van der Waals surface area contributed by atoms with Gasteiger partial charge >= 0.3 is 0 Å². The van der Waals surface area contributed by atoms with E-state index >= 15 is 0 Å². The smallest absolute Gasteiger partial charge is 0.134 e. The van der Waals surface area contributed by atoms with Crippen LogP contribution in [0, 0.1) is 0 Å². The number of allylic oxidation sites excluding steroid dienone is 1. The van der Waals surface area contributed by atoms with Gasteiger partial charge in [-0.25, -0.2) is 0 Å². The molecule has 3 nitrogen and oxygen atoms in total. The Bertz CT molecular complexity index is 929. The van der Waals surface area contributed by atoms with E-state index in [1.807, 2.05) is 60.7 Å². The highest BCUT2D eigenvalue weighted by Gasteiger charge is 2.18. The van der Waals surface area contributed by atoms with E-state index in [0.717, 1.165) is 46.1 Å². The molecule has 0 aromatic heterocycles. The number of hydrogen-bond acceptors (Lipinski definition) is 3. The van der Waals surface area contributed by atoms with Crippen molar-refractivity contribution in [2.75, 3.05) is 7.11 Å². The van der Waals surface area contributed by atoms with Crippen LogP contribution in [-0.2, 0) is 13.0 Å². The van der Waals surface area contributed by atoms with Crippen LogP contribution in [0.4, 0.5) is 0 Å². The molecule has 3 heteroatoms. The zero-order valence-corrected chi connectivity index (χ0v) is 14.6. The van der Waals surface area contributed by atoms with Gasteiger partial charge in [0.2, 0.25) is 0 Å². The molecule has 130 valence electrons. The Morgan fingerprint density at radius 2 is 1.77 bits per heavy atom. The van der Waals surface area contributed by atoms with Crippen LogP contribution in [0.3, 0.4) is 0 Å². The number of hydrogen-bond donors (Lipinski definition) is 0. The average Bonchev–Trinajstić information content (AvgIpc) is 2.72. The van der Waals surface area contributed by atoms with Crippen molar-refractivity contribution < 1.29 is 14.2 Å². The maximum Gasteiger partial charge on any atom is 0.134 e. The molecule has 0 bridgehead atoms. The van der Waals surface area contributed by atoms with Crippen molar-refractivity contribution in [1.29, 1.82) is 0 Å². The summed E-state index contributed by atoms with van der Waals surface area (Å²) in [4.78, 5) is 0. The molecule has 3 aromatic carbocycles. The SMILES string of the molecule is COc1cccc(C2=CCc3c(OCc4ccccc4)cccc3O2)c1. The predicted molar refractivity (Wildman–Crippen MR) is 103 cm³/mol. The van der Waals surface area contributed by atoms with Crippen LogP contribution in [0.25, 0.3) is 5.76 Å². The summed E-state index contributed by atoms with van der Waals surface area (Å²) in [6, 6.07) is 24.0. The molecule has 0 fully saturated rings. The molecule has 4 rings (SSSR count). The molecule has 0 spiro atoms. The van der Waals surface area contributed by atoms with Gasteiger partial charge in [-0.1, -0.05) is 48.5 Å². The van der Waals surface area contributed by atoms with Gasteiger partial charge in [0.1, 0.15) is 29.6 Å². The quantitative estimate of drug-likeness (QED) is 0.633. The highest BCUT2D eigenvalue weighted by Crippen LogP contribution is 2.37. The summed E-state index contributed by atoms with van der Waals surface area (Å²) >= 11 is 0. The van der Waals surface area contributed by atoms with Gasteiger partial charge in [0, 0.05) is 17.5 Å². The monoisotopic (exact) mass is 344 g/mol. The van der Waals surface area contributed by atoms with Crippen molar-refractivity contribution >= 4 is 5.76 Å². The predicted octanol–water partition coefficient (Wildman–Crippen LogP) is 5.25. The fraction of sp³-hybridized carbons (Fsp3) is 0.130. The first-order chi connectivity index (χ1) is 12.8. The summed E-state index contributed by atoms with van der Waals surface area (Å²) in [5.74, 6) is 3.37. The number of fused-ring (bicyclic) bond motifs is 1. The molecule has 0 saturated heterocycles. The second-order valence-electron chi connectivity index (χ2n) is 6.11. The summed E-state index contributed by atoms with van der Waals surface area (Å²) in [5, 5.41) is 0. The molecule has 0 saturated carbocycles. The molecular weight excluding hydrogens is 324 g/mol. The normalized spacial score (nSPS) is 12.6. The fourth-order valence-corrected chi connectivity index (χ4v) is 3.02. The van der Waals surface area contributed by atoms with Crippen LogP contribution in [0.2, 0.25) is 0 Å². The van der Waals surface area contributed by atoms with E-state index < -0.39 is 0 Å². The molecule has 3 aromatic rings. The Morgan fingerprint density at radius 3 is 2.62 bits per heavy atom. The van der Waals surface area contributed by atoms with Crippen molar-refractivity contribution in [2.45, 2.75) is 13.0 Å². The minimum atomic E-state index is 0.545. The first kappa shape index (κ1) is 16.3. The van der Waals surface area contributed by atoms with Crippen LogP contribution >= 0.6 is 0 Å². The van der Waals surface area contributed by atoms with Crippen LogP contribution in [0.5, 0.6) is 17.2 Å². The Kier molecular flexibility index (Phi) is 4.61. The molecule has 0 radical (unpaired) electrons. The zero-order chi connectivity index (χ0) is 17.8. The number of rotatable bonds is 5. The number of benzene rings is 3. The molecule has 1 aliphatic rings. The Morgan fingerprint density at radius 1 is 0.923 bits per heavy atom. The van der Waals surface area contributed by atoms with E-state index in [9.17, 15) is 0 Å². The maximum atomic E-state index is 6.14. The van der Waals surface area contributed by atoms with E-state index in [1.54, 1.807) is 7.11 Å². The second-order valence-corrected chi connectivity index (χ2v) is 6.11. The lowest BCUT2D eigenvalue weighted by molar-refractivity contribution is 0.301. The number of methoxy groups -OCH3 is 1. The van der Waals surface area contributed by atoms with Crippen molar-refractivity contribution in [3.8, 4) is 17.2 Å². The molecular formula is C23H20O3. The van der Waals surface area contributed by atoms with E-state index in [0.29, 0.717) is 6.61 Å². The molecule has 0 aliphatic carbocycles. The van der Waals surface area contributed by atoms with Crippen LogP contribution in [0.1, 0.15) is 16.7 Å². The van der Waals surface area contributed by atoms with E-state index in [2.05, 4.69) is 18.2 Å².